The van der Waals surface area contributed by atoms with Crippen LogP contribution in [-0.4, -0.2) is 9.13 Å². The summed E-state index contributed by atoms with van der Waals surface area (Å²) < 4.78 is 4.85. The van der Waals surface area contributed by atoms with Crippen LogP contribution < -0.4 is 0 Å². The molecule has 0 aliphatic carbocycles. The second-order valence-electron chi connectivity index (χ2n) is 10.8. The fourth-order valence-corrected chi connectivity index (χ4v) is 6.41. The van der Waals surface area contributed by atoms with Crippen molar-refractivity contribution in [1.29, 1.82) is 0 Å². The lowest BCUT2D eigenvalue weighted by atomic mass is 10.0. The van der Waals surface area contributed by atoms with Gasteiger partial charge in [0.1, 0.15) is 0 Å². The first kappa shape index (κ1) is 23.2. The van der Waals surface area contributed by atoms with Gasteiger partial charge in [-0.25, -0.2) is 0 Å². The molecular formula is C34H38N2. The van der Waals surface area contributed by atoms with Gasteiger partial charge >= 0.3 is 0 Å². The topological polar surface area (TPSA) is 9.86 Å². The lowest BCUT2D eigenvalue weighted by Gasteiger charge is -2.07. The molecule has 0 aliphatic rings. The van der Waals surface area contributed by atoms with Crippen molar-refractivity contribution in [3.8, 4) is 0 Å². The lowest BCUT2D eigenvalue weighted by molar-refractivity contribution is 0.717. The summed E-state index contributed by atoms with van der Waals surface area (Å²) in [5.41, 5.74) is 8.30. The first-order chi connectivity index (χ1) is 17.6. The molecule has 2 heteroatoms. The van der Waals surface area contributed by atoms with Crippen molar-refractivity contribution in [1.82, 2.24) is 9.13 Å². The molecule has 0 radical (unpaired) electrons. The first-order valence-electron chi connectivity index (χ1n) is 14.0. The van der Waals surface area contributed by atoms with Crippen LogP contribution in [0.4, 0.5) is 0 Å². The van der Waals surface area contributed by atoms with Gasteiger partial charge in [-0.2, -0.15) is 0 Å². The van der Waals surface area contributed by atoms with E-state index in [1.54, 1.807) is 0 Å². The molecule has 0 aliphatic heterocycles. The van der Waals surface area contributed by atoms with Gasteiger partial charge < -0.3 is 9.13 Å². The Kier molecular flexibility index (Phi) is 5.99. The Balaban J connectivity index is 1.54. The minimum atomic E-state index is 1.17. The van der Waals surface area contributed by atoms with E-state index in [0.29, 0.717) is 0 Å². The van der Waals surface area contributed by atoms with Gasteiger partial charge in [0.25, 0.3) is 0 Å². The fraction of sp³-hybridized carbons (Fsp3) is 0.353. The Hall–Kier alpha value is -3.26. The molecule has 0 bridgehead atoms. The zero-order valence-corrected chi connectivity index (χ0v) is 22.3. The molecule has 2 heterocycles. The zero-order chi connectivity index (χ0) is 24.8. The maximum absolute atomic E-state index is 2.43. The quantitative estimate of drug-likeness (QED) is 0.194. The number of hydrogen-bond acceptors (Lipinski definition) is 0. The Labute approximate surface area is 214 Å². The molecule has 0 saturated heterocycles. The molecule has 2 aromatic heterocycles. The fourth-order valence-electron chi connectivity index (χ4n) is 6.41. The van der Waals surface area contributed by atoms with Crippen LogP contribution in [0, 0.1) is 0 Å². The number of aryl methyl sites for hydroxylation is 4. The van der Waals surface area contributed by atoms with Crippen molar-refractivity contribution in [2.45, 2.75) is 65.2 Å². The van der Waals surface area contributed by atoms with Gasteiger partial charge in [0.15, 0.2) is 0 Å². The predicted molar refractivity (Wildman–Crippen MR) is 158 cm³/mol. The van der Waals surface area contributed by atoms with E-state index in [2.05, 4.69) is 97.7 Å². The average Bonchev–Trinajstić information content (AvgIpc) is 3.35. The summed E-state index contributed by atoms with van der Waals surface area (Å²) in [7, 11) is 4.49. The lowest BCUT2D eigenvalue weighted by Crippen LogP contribution is -1.92. The number of hydrogen-bond donors (Lipinski definition) is 0. The highest BCUT2D eigenvalue weighted by atomic mass is 15.0. The Morgan fingerprint density at radius 1 is 0.472 bits per heavy atom. The van der Waals surface area contributed by atoms with Gasteiger partial charge in [0.05, 0.1) is 11.0 Å². The second-order valence-corrected chi connectivity index (χ2v) is 10.8. The third kappa shape index (κ3) is 3.61. The van der Waals surface area contributed by atoms with Crippen molar-refractivity contribution in [3.05, 3.63) is 71.8 Å². The SMILES string of the molecule is CCCCCc1ccc2c3ccc4c(ccc5c6ccc(CCCCC)cc6n(C)c54)c3n(C)c2c1. The molecule has 0 atom stereocenters. The molecule has 0 N–H and O–H groups in total. The van der Waals surface area contributed by atoms with Gasteiger partial charge in [-0.3, -0.25) is 0 Å². The number of fused-ring (bicyclic) bond motifs is 9. The molecule has 0 amide bonds. The molecule has 6 aromatic rings. The van der Waals surface area contributed by atoms with E-state index in [4.69, 9.17) is 0 Å². The summed E-state index contributed by atoms with van der Waals surface area (Å²) in [6.45, 7) is 4.55. The highest BCUT2D eigenvalue weighted by Crippen LogP contribution is 2.39. The molecule has 0 saturated carbocycles. The molecule has 0 fully saturated rings. The van der Waals surface area contributed by atoms with Crippen LogP contribution in [-0.2, 0) is 26.9 Å². The highest BCUT2D eigenvalue weighted by molar-refractivity contribution is 6.25. The minimum absolute atomic E-state index is 1.17. The van der Waals surface area contributed by atoms with E-state index in [-0.39, 0.29) is 0 Å². The number of nitrogens with zero attached hydrogens (tertiary/aromatic N) is 2. The number of benzene rings is 4. The molecule has 0 spiro atoms. The van der Waals surface area contributed by atoms with Crippen molar-refractivity contribution in [2.75, 3.05) is 0 Å². The van der Waals surface area contributed by atoms with Crippen LogP contribution in [0.2, 0.25) is 0 Å². The van der Waals surface area contributed by atoms with Gasteiger partial charge in [-0.1, -0.05) is 88.1 Å². The van der Waals surface area contributed by atoms with Crippen LogP contribution in [0.25, 0.3) is 54.4 Å². The minimum Gasteiger partial charge on any atom is -0.343 e. The molecule has 0 unspecified atom stereocenters. The number of aromatic nitrogens is 2. The average molecular weight is 475 g/mol. The largest absolute Gasteiger partial charge is 0.343 e. The summed E-state index contributed by atoms with van der Waals surface area (Å²) in [5, 5.41) is 8.14. The molecule has 4 aromatic carbocycles. The van der Waals surface area contributed by atoms with E-state index in [9.17, 15) is 0 Å². The maximum Gasteiger partial charge on any atom is 0.0569 e. The normalized spacial score (nSPS) is 12.2. The summed E-state index contributed by atoms with van der Waals surface area (Å²) in [4.78, 5) is 0. The van der Waals surface area contributed by atoms with Gasteiger partial charge in [0.2, 0.25) is 0 Å². The summed E-state index contributed by atoms with van der Waals surface area (Å²) in [6.07, 6.45) is 10.0. The Morgan fingerprint density at radius 3 is 1.22 bits per heavy atom. The molecular weight excluding hydrogens is 436 g/mol. The Bertz CT molecular complexity index is 1600. The van der Waals surface area contributed by atoms with Crippen LogP contribution >= 0.6 is 0 Å². The standard InChI is InChI=1S/C34H38N2/c1-5-7-9-11-23-13-15-25-27-17-19-30-29(33(27)35(3)31(25)21-23)20-18-28-26-16-14-24(12-10-8-6-2)22-32(26)36(4)34(28)30/h13-22H,5-12H2,1-4H3. The van der Waals surface area contributed by atoms with Crippen LogP contribution in [0.5, 0.6) is 0 Å². The van der Waals surface area contributed by atoms with Crippen molar-refractivity contribution >= 4 is 54.4 Å². The van der Waals surface area contributed by atoms with Crippen LogP contribution in [0.1, 0.15) is 63.5 Å². The molecule has 184 valence electrons. The third-order valence-electron chi connectivity index (χ3n) is 8.38. The maximum atomic E-state index is 2.43. The van der Waals surface area contributed by atoms with Crippen molar-refractivity contribution < 1.29 is 0 Å². The third-order valence-corrected chi connectivity index (χ3v) is 8.38. The summed E-state index contributed by atoms with van der Waals surface area (Å²) >= 11 is 0. The van der Waals surface area contributed by atoms with Crippen LogP contribution in [0.3, 0.4) is 0 Å². The van der Waals surface area contributed by atoms with Crippen molar-refractivity contribution in [2.24, 2.45) is 14.1 Å². The van der Waals surface area contributed by atoms with Gasteiger partial charge in [-0.15, -0.1) is 0 Å². The van der Waals surface area contributed by atoms with Crippen molar-refractivity contribution in [3.63, 3.8) is 0 Å². The number of rotatable bonds is 8. The van der Waals surface area contributed by atoms with E-state index in [0.717, 1.165) is 0 Å². The molecule has 36 heavy (non-hydrogen) atoms. The molecule has 6 rings (SSSR count). The first-order valence-corrected chi connectivity index (χ1v) is 14.0. The van der Waals surface area contributed by atoms with Gasteiger partial charge in [-0.05, 0) is 48.9 Å². The second kappa shape index (κ2) is 9.32. The van der Waals surface area contributed by atoms with Crippen LogP contribution in [0.15, 0.2) is 60.7 Å². The van der Waals surface area contributed by atoms with E-state index >= 15 is 0 Å². The van der Waals surface area contributed by atoms with Gasteiger partial charge in [0, 0.05) is 57.4 Å². The van der Waals surface area contributed by atoms with E-state index < -0.39 is 0 Å². The predicted octanol–water partition coefficient (Wildman–Crippen LogP) is 9.59. The monoisotopic (exact) mass is 474 g/mol. The Morgan fingerprint density at radius 2 is 0.833 bits per heavy atom. The highest BCUT2D eigenvalue weighted by Gasteiger charge is 2.16. The van der Waals surface area contributed by atoms with E-state index in [1.165, 1.54) is 117 Å². The summed E-state index contributed by atoms with van der Waals surface area (Å²) in [6, 6.07) is 23.6. The van der Waals surface area contributed by atoms with E-state index in [1.807, 2.05) is 0 Å². The summed E-state index contributed by atoms with van der Waals surface area (Å²) in [5.74, 6) is 0. The smallest absolute Gasteiger partial charge is 0.0569 e. The zero-order valence-electron chi connectivity index (χ0n) is 22.3. The number of unbranched alkanes of at least 4 members (excludes halogenated alkanes) is 4. The molecule has 2 nitrogen and oxygen atoms in total.